The predicted molar refractivity (Wildman–Crippen MR) is 53.7 cm³/mol. The summed E-state index contributed by atoms with van der Waals surface area (Å²) in [7, 11) is 0. The lowest BCUT2D eigenvalue weighted by Crippen LogP contribution is -1.82. The Morgan fingerprint density at radius 2 is 2.17 bits per heavy atom. The average Bonchev–Trinajstić information content (AvgIpc) is 2.04. The SMILES string of the molecule is C=Cc1cnccc1C=C(C)C. The number of allylic oxidation sites excluding steroid dienone is 1. The standard InChI is InChI=1S/C11H13N/c1-4-10-8-12-6-5-11(10)7-9(2)3/h4-8H,1H2,2-3H3. The van der Waals surface area contributed by atoms with Crippen molar-refractivity contribution in [1.82, 2.24) is 4.98 Å². The lowest BCUT2D eigenvalue weighted by molar-refractivity contribution is 1.30. The summed E-state index contributed by atoms with van der Waals surface area (Å²) < 4.78 is 0. The van der Waals surface area contributed by atoms with Crippen LogP contribution in [0.4, 0.5) is 0 Å². The van der Waals surface area contributed by atoms with E-state index in [-0.39, 0.29) is 0 Å². The highest BCUT2D eigenvalue weighted by molar-refractivity contribution is 5.64. The Balaban J connectivity index is 3.14. The van der Waals surface area contributed by atoms with Crippen molar-refractivity contribution in [2.45, 2.75) is 13.8 Å². The molecular formula is C11H13N. The zero-order valence-electron chi connectivity index (χ0n) is 7.54. The van der Waals surface area contributed by atoms with Gasteiger partial charge in [0.05, 0.1) is 0 Å². The molecular weight excluding hydrogens is 146 g/mol. The molecule has 12 heavy (non-hydrogen) atoms. The van der Waals surface area contributed by atoms with E-state index in [9.17, 15) is 0 Å². The van der Waals surface area contributed by atoms with Crippen LogP contribution >= 0.6 is 0 Å². The van der Waals surface area contributed by atoms with Crippen LogP contribution in [0.2, 0.25) is 0 Å². The van der Waals surface area contributed by atoms with E-state index in [0.29, 0.717) is 0 Å². The van der Waals surface area contributed by atoms with Gasteiger partial charge in [0, 0.05) is 12.4 Å². The lowest BCUT2D eigenvalue weighted by atomic mass is 10.1. The summed E-state index contributed by atoms with van der Waals surface area (Å²) in [5, 5.41) is 0. The first kappa shape index (κ1) is 8.72. The van der Waals surface area contributed by atoms with Crippen LogP contribution in [0.3, 0.4) is 0 Å². The highest BCUT2D eigenvalue weighted by atomic mass is 14.6. The van der Waals surface area contributed by atoms with Crippen molar-refractivity contribution < 1.29 is 0 Å². The Kier molecular flexibility index (Phi) is 2.81. The summed E-state index contributed by atoms with van der Waals surface area (Å²) in [4.78, 5) is 4.02. The third kappa shape index (κ3) is 2.06. The van der Waals surface area contributed by atoms with Crippen LogP contribution in [-0.2, 0) is 0 Å². The molecule has 1 heteroatoms. The molecule has 1 aromatic rings. The highest BCUT2D eigenvalue weighted by Gasteiger charge is 1.93. The minimum Gasteiger partial charge on any atom is -0.264 e. The maximum atomic E-state index is 4.02. The van der Waals surface area contributed by atoms with Crippen molar-refractivity contribution in [3.63, 3.8) is 0 Å². The molecule has 0 bridgehead atoms. The number of aromatic nitrogens is 1. The van der Waals surface area contributed by atoms with Gasteiger partial charge in [-0.2, -0.15) is 0 Å². The van der Waals surface area contributed by atoms with Gasteiger partial charge in [0.25, 0.3) is 0 Å². The molecule has 0 saturated carbocycles. The average molecular weight is 159 g/mol. The molecule has 0 N–H and O–H groups in total. The number of rotatable bonds is 2. The van der Waals surface area contributed by atoms with E-state index < -0.39 is 0 Å². The summed E-state index contributed by atoms with van der Waals surface area (Å²) in [6.45, 7) is 7.88. The normalized spacial score (nSPS) is 9.17. The number of hydrogen-bond acceptors (Lipinski definition) is 1. The largest absolute Gasteiger partial charge is 0.264 e. The van der Waals surface area contributed by atoms with Crippen molar-refractivity contribution in [3.8, 4) is 0 Å². The second-order valence-corrected chi connectivity index (χ2v) is 2.93. The van der Waals surface area contributed by atoms with E-state index in [1.807, 2.05) is 18.3 Å². The van der Waals surface area contributed by atoms with E-state index in [1.165, 1.54) is 11.1 Å². The van der Waals surface area contributed by atoms with Gasteiger partial charge < -0.3 is 0 Å². The predicted octanol–water partition coefficient (Wildman–Crippen LogP) is 3.15. The van der Waals surface area contributed by atoms with Crippen molar-refractivity contribution in [3.05, 3.63) is 41.7 Å². The second kappa shape index (κ2) is 3.86. The van der Waals surface area contributed by atoms with Crippen LogP contribution < -0.4 is 0 Å². The molecule has 1 rings (SSSR count). The monoisotopic (exact) mass is 159 g/mol. The van der Waals surface area contributed by atoms with Gasteiger partial charge in [-0.25, -0.2) is 0 Å². The van der Waals surface area contributed by atoms with Gasteiger partial charge >= 0.3 is 0 Å². The molecule has 0 aromatic carbocycles. The Labute approximate surface area is 73.5 Å². The molecule has 1 aromatic heterocycles. The fourth-order valence-corrected chi connectivity index (χ4v) is 1.03. The Morgan fingerprint density at radius 1 is 1.42 bits per heavy atom. The molecule has 62 valence electrons. The molecule has 1 heterocycles. The maximum absolute atomic E-state index is 4.02. The van der Waals surface area contributed by atoms with Gasteiger partial charge in [0.1, 0.15) is 0 Å². The topological polar surface area (TPSA) is 12.9 Å². The summed E-state index contributed by atoms with van der Waals surface area (Å²) >= 11 is 0. The Hall–Kier alpha value is -1.37. The third-order valence-corrected chi connectivity index (χ3v) is 1.55. The van der Waals surface area contributed by atoms with Crippen molar-refractivity contribution in [2.75, 3.05) is 0 Å². The first-order valence-electron chi connectivity index (χ1n) is 3.95. The molecule has 0 unspecified atom stereocenters. The van der Waals surface area contributed by atoms with Gasteiger partial charge in [-0.05, 0) is 31.0 Å². The summed E-state index contributed by atoms with van der Waals surface area (Å²) in [6.07, 6.45) is 7.56. The number of pyridine rings is 1. The highest BCUT2D eigenvalue weighted by Crippen LogP contribution is 2.12. The van der Waals surface area contributed by atoms with Crippen molar-refractivity contribution in [1.29, 1.82) is 0 Å². The van der Waals surface area contributed by atoms with E-state index >= 15 is 0 Å². The van der Waals surface area contributed by atoms with Gasteiger partial charge in [0.2, 0.25) is 0 Å². The summed E-state index contributed by atoms with van der Waals surface area (Å²) in [5.41, 5.74) is 3.54. The van der Waals surface area contributed by atoms with E-state index in [4.69, 9.17) is 0 Å². The fraction of sp³-hybridized carbons (Fsp3) is 0.182. The summed E-state index contributed by atoms with van der Waals surface area (Å²) in [6, 6.07) is 1.99. The molecule has 0 aliphatic carbocycles. The lowest BCUT2D eigenvalue weighted by Gasteiger charge is -1.99. The van der Waals surface area contributed by atoms with Crippen LogP contribution in [0.5, 0.6) is 0 Å². The van der Waals surface area contributed by atoms with Gasteiger partial charge in [-0.15, -0.1) is 0 Å². The van der Waals surface area contributed by atoms with Crippen LogP contribution in [0.1, 0.15) is 25.0 Å². The molecule has 0 atom stereocenters. The Morgan fingerprint density at radius 3 is 2.75 bits per heavy atom. The molecule has 0 aliphatic rings. The zero-order chi connectivity index (χ0) is 8.97. The number of nitrogens with zero attached hydrogens (tertiary/aromatic N) is 1. The first-order valence-corrected chi connectivity index (χ1v) is 3.95. The fourth-order valence-electron chi connectivity index (χ4n) is 1.03. The minimum absolute atomic E-state index is 1.08. The molecule has 0 saturated heterocycles. The van der Waals surface area contributed by atoms with E-state index in [0.717, 1.165) is 5.56 Å². The molecule has 1 nitrogen and oxygen atoms in total. The van der Waals surface area contributed by atoms with E-state index in [1.54, 1.807) is 6.20 Å². The molecule has 0 fully saturated rings. The quantitative estimate of drug-likeness (QED) is 0.646. The van der Waals surface area contributed by atoms with Crippen LogP contribution in [0.15, 0.2) is 30.6 Å². The van der Waals surface area contributed by atoms with Crippen molar-refractivity contribution >= 4 is 12.2 Å². The van der Waals surface area contributed by atoms with Gasteiger partial charge in [-0.1, -0.05) is 24.3 Å². The molecule has 0 spiro atoms. The zero-order valence-corrected chi connectivity index (χ0v) is 7.54. The number of hydrogen-bond donors (Lipinski definition) is 0. The van der Waals surface area contributed by atoms with Gasteiger partial charge in [-0.3, -0.25) is 4.98 Å². The van der Waals surface area contributed by atoms with E-state index in [2.05, 4.69) is 31.5 Å². The van der Waals surface area contributed by atoms with Crippen LogP contribution in [0, 0.1) is 0 Å². The third-order valence-electron chi connectivity index (χ3n) is 1.55. The van der Waals surface area contributed by atoms with Gasteiger partial charge in [0.15, 0.2) is 0 Å². The minimum atomic E-state index is 1.08. The Bertz CT molecular complexity index is 307. The molecule has 0 amide bonds. The van der Waals surface area contributed by atoms with Crippen LogP contribution in [0.25, 0.3) is 12.2 Å². The summed E-state index contributed by atoms with van der Waals surface area (Å²) in [5.74, 6) is 0. The molecule has 0 radical (unpaired) electrons. The van der Waals surface area contributed by atoms with Crippen molar-refractivity contribution in [2.24, 2.45) is 0 Å². The smallest absolute Gasteiger partial charge is 0.0346 e. The maximum Gasteiger partial charge on any atom is 0.0346 e. The molecule has 0 aliphatic heterocycles. The second-order valence-electron chi connectivity index (χ2n) is 2.93. The van der Waals surface area contributed by atoms with Crippen LogP contribution in [-0.4, -0.2) is 4.98 Å². The first-order chi connectivity index (χ1) is 5.74.